The average Bonchev–Trinajstić information content (AvgIpc) is 2.58. The van der Waals surface area contributed by atoms with Gasteiger partial charge in [0, 0.05) is 26.2 Å². The van der Waals surface area contributed by atoms with Crippen LogP contribution in [0.2, 0.25) is 0 Å². The number of rotatable bonds is 5. The third-order valence-corrected chi connectivity index (χ3v) is 4.58. The predicted molar refractivity (Wildman–Crippen MR) is 94.2 cm³/mol. The Morgan fingerprint density at radius 3 is 2.87 bits per heavy atom. The summed E-state index contributed by atoms with van der Waals surface area (Å²) in [5.74, 6) is 0.612. The number of likely N-dealkylation sites (tertiary alicyclic amines) is 1. The van der Waals surface area contributed by atoms with Gasteiger partial charge >= 0.3 is 0 Å². The second kappa shape index (κ2) is 8.87. The molecule has 1 atom stereocenters. The summed E-state index contributed by atoms with van der Waals surface area (Å²) in [6.45, 7) is 7.75. The molecule has 23 heavy (non-hydrogen) atoms. The monoisotopic (exact) mass is 320 g/mol. The van der Waals surface area contributed by atoms with Gasteiger partial charge < -0.3 is 10.6 Å². The average molecular weight is 320 g/mol. The minimum absolute atomic E-state index is 0.159. The van der Waals surface area contributed by atoms with Gasteiger partial charge in [-0.25, -0.2) is 4.39 Å². The van der Waals surface area contributed by atoms with Gasteiger partial charge in [0.25, 0.3) is 0 Å². The smallest absolute Gasteiger partial charge is 0.191 e. The first kappa shape index (κ1) is 17.7. The topological polar surface area (TPSA) is 39.7 Å². The van der Waals surface area contributed by atoms with E-state index in [1.807, 2.05) is 12.1 Å². The number of likely N-dealkylation sites (N-methyl/N-ethyl adjacent to an activating group) is 1. The maximum Gasteiger partial charge on any atom is 0.191 e. The molecule has 0 spiro atoms. The normalized spacial score (nSPS) is 19.7. The summed E-state index contributed by atoms with van der Waals surface area (Å²) < 4.78 is 13.6. The van der Waals surface area contributed by atoms with E-state index < -0.39 is 0 Å². The van der Waals surface area contributed by atoms with Crippen LogP contribution in [0.4, 0.5) is 4.39 Å². The molecular weight excluding hydrogens is 291 g/mol. The summed E-state index contributed by atoms with van der Waals surface area (Å²) in [5.41, 5.74) is 1.59. The van der Waals surface area contributed by atoms with Gasteiger partial charge in [-0.05, 0) is 50.0 Å². The molecule has 0 aliphatic carbocycles. The third kappa shape index (κ3) is 5.20. The number of hydrogen-bond acceptors (Lipinski definition) is 2. The van der Waals surface area contributed by atoms with Crippen molar-refractivity contribution in [2.24, 2.45) is 4.99 Å². The molecule has 4 nitrogen and oxygen atoms in total. The summed E-state index contributed by atoms with van der Waals surface area (Å²) in [4.78, 5) is 6.79. The highest BCUT2D eigenvalue weighted by Gasteiger charge is 2.20. The van der Waals surface area contributed by atoms with Crippen molar-refractivity contribution in [3.05, 3.63) is 35.1 Å². The van der Waals surface area contributed by atoms with Gasteiger partial charge in [-0.15, -0.1) is 0 Å². The van der Waals surface area contributed by atoms with Crippen molar-refractivity contribution in [1.29, 1.82) is 0 Å². The van der Waals surface area contributed by atoms with Crippen molar-refractivity contribution in [2.45, 2.75) is 45.7 Å². The Morgan fingerprint density at radius 1 is 1.35 bits per heavy atom. The zero-order chi connectivity index (χ0) is 16.7. The lowest BCUT2D eigenvalue weighted by Crippen LogP contribution is -2.48. The molecule has 0 saturated carbocycles. The number of nitrogens with zero attached hydrogens (tertiary/aromatic N) is 2. The van der Waals surface area contributed by atoms with E-state index in [-0.39, 0.29) is 5.82 Å². The van der Waals surface area contributed by atoms with Crippen LogP contribution < -0.4 is 10.6 Å². The fourth-order valence-electron chi connectivity index (χ4n) is 3.07. The van der Waals surface area contributed by atoms with Gasteiger partial charge in [-0.2, -0.15) is 0 Å². The minimum atomic E-state index is -0.159. The SMILES string of the molecule is CCN1CCCCC1CNC(=NC)NCc1ccc(C)c(F)c1. The Hall–Kier alpha value is -1.62. The van der Waals surface area contributed by atoms with E-state index in [2.05, 4.69) is 27.4 Å². The van der Waals surface area contributed by atoms with Crippen molar-refractivity contribution in [1.82, 2.24) is 15.5 Å². The van der Waals surface area contributed by atoms with Crippen molar-refractivity contribution >= 4 is 5.96 Å². The van der Waals surface area contributed by atoms with E-state index >= 15 is 0 Å². The number of guanidine groups is 1. The molecule has 1 saturated heterocycles. The first-order chi connectivity index (χ1) is 11.1. The van der Waals surface area contributed by atoms with Crippen molar-refractivity contribution in [3.8, 4) is 0 Å². The second-order valence-electron chi connectivity index (χ2n) is 6.17. The van der Waals surface area contributed by atoms with Gasteiger partial charge in [0.2, 0.25) is 0 Å². The molecule has 1 heterocycles. The predicted octanol–water partition coefficient (Wildman–Crippen LogP) is 2.67. The Kier molecular flexibility index (Phi) is 6.84. The molecule has 1 aliphatic heterocycles. The molecule has 1 unspecified atom stereocenters. The highest BCUT2D eigenvalue weighted by molar-refractivity contribution is 5.79. The van der Waals surface area contributed by atoms with Gasteiger partial charge in [-0.3, -0.25) is 9.89 Å². The zero-order valence-corrected chi connectivity index (χ0v) is 14.5. The van der Waals surface area contributed by atoms with Crippen LogP contribution in [-0.4, -0.2) is 43.6 Å². The summed E-state index contributed by atoms with van der Waals surface area (Å²) in [6.07, 6.45) is 3.84. The molecule has 0 amide bonds. The number of piperidine rings is 1. The van der Waals surface area contributed by atoms with Crippen LogP contribution in [0.25, 0.3) is 0 Å². The van der Waals surface area contributed by atoms with Crippen molar-refractivity contribution in [2.75, 3.05) is 26.7 Å². The van der Waals surface area contributed by atoms with Crippen LogP contribution >= 0.6 is 0 Å². The van der Waals surface area contributed by atoms with Crippen LogP contribution in [0, 0.1) is 12.7 Å². The minimum Gasteiger partial charge on any atom is -0.355 e. The Balaban J connectivity index is 1.82. The number of halogens is 1. The lowest BCUT2D eigenvalue weighted by molar-refractivity contribution is 0.157. The van der Waals surface area contributed by atoms with Gasteiger partial charge in [0.05, 0.1) is 0 Å². The van der Waals surface area contributed by atoms with Gasteiger partial charge in [0.15, 0.2) is 5.96 Å². The summed E-state index contributed by atoms with van der Waals surface area (Å²) in [5, 5.41) is 6.66. The second-order valence-corrected chi connectivity index (χ2v) is 6.17. The highest BCUT2D eigenvalue weighted by Crippen LogP contribution is 2.15. The molecule has 1 aliphatic rings. The zero-order valence-electron chi connectivity index (χ0n) is 14.5. The Labute approximate surface area is 139 Å². The van der Waals surface area contributed by atoms with Gasteiger partial charge in [-0.1, -0.05) is 25.5 Å². The fraction of sp³-hybridized carbons (Fsp3) is 0.611. The maximum absolute atomic E-state index is 13.6. The lowest BCUT2D eigenvalue weighted by atomic mass is 10.0. The standard InChI is InChI=1S/C18H29FN4/c1-4-23-10-6-5-7-16(23)13-22-18(20-3)21-12-15-9-8-14(2)17(19)11-15/h8-9,11,16H,4-7,10,12-13H2,1-3H3,(H2,20,21,22). The summed E-state index contributed by atoms with van der Waals surface area (Å²) in [6, 6.07) is 5.90. The molecule has 0 radical (unpaired) electrons. The Bertz CT molecular complexity index is 530. The number of hydrogen-bond donors (Lipinski definition) is 2. The molecule has 1 aromatic rings. The van der Waals surface area contributed by atoms with E-state index in [1.54, 1.807) is 20.0 Å². The van der Waals surface area contributed by atoms with E-state index in [9.17, 15) is 4.39 Å². The first-order valence-electron chi connectivity index (χ1n) is 8.57. The third-order valence-electron chi connectivity index (χ3n) is 4.58. The van der Waals surface area contributed by atoms with Crippen molar-refractivity contribution < 1.29 is 4.39 Å². The number of aryl methyl sites for hydroxylation is 1. The van der Waals surface area contributed by atoms with Crippen LogP contribution in [0.1, 0.15) is 37.3 Å². The lowest BCUT2D eigenvalue weighted by Gasteiger charge is -2.35. The van der Waals surface area contributed by atoms with E-state index in [0.717, 1.165) is 24.6 Å². The molecule has 0 bridgehead atoms. The largest absolute Gasteiger partial charge is 0.355 e. The van der Waals surface area contributed by atoms with Crippen LogP contribution in [0.5, 0.6) is 0 Å². The molecule has 1 fully saturated rings. The number of nitrogens with one attached hydrogen (secondary N) is 2. The van der Waals surface area contributed by atoms with E-state index in [4.69, 9.17) is 0 Å². The summed E-state index contributed by atoms with van der Waals surface area (Å²) >= 11 is 0. The Morgan fingerprint density at radius 2 is 2.17 bits per heavy atom. The maximum atomic E-state index is 13.6. The first-order valence-corrected chi connectivity index (χ1v) is 8.57. The van der Waals surface area contributed by atoms with Crippen molar-refractivity contribution in [3.63, 3.8) is 0 Å². The van der Waals surface area contributed by atoms with Crippen LogP contribution in [-0.2, 0) is 6.54 Å². The van der Waals surface area contributed by atoms with Gasteiger partial charge in [0.1, 0.15) is 5.82 Å². The molecule has 2 rings (SSSR count). The van der Waals surface area contributed by atoms with Crippen LogP contribution in [0.15, 0.2) is 23.2 Å². The highest BCUT2D eigenvalue weighted by atomic mass is 19.1. The van der Waals surface area contributed by atoms with E-state index in [1.165, 1.54) is 25.8 Å². The quantitative estimate of drug-likeness (QED) is 0.647. The molecule has 128 valence electrons. The number of aliphatic imine (C=N–C) groups is 1. The number of benzene rings is 1. The fourth-order valence-corrected chi connectivity index (χ4v) is 3.07. The molecule has 0 aromatic heterocycles. The van der Waals surface area contributed by atoms with E-state index in [0.29, 0.717) is 18.2 Å². The van der Waals surface area contributed by atoms with Crippen LogP contribution in [0.3, 0.4) is 0 Å². The molecule has 5 heteroatoms. The molecular formula is C18H29FN4. The molecule has 2 N–H and O–H groups in total. The molecule has 1 aromatic carbocycles. The summed E-state index contributed by atoms with van der Waals surface area (Å²) in [7, 11) is 1.77.